The maximum atomic E-state index is 10.7. The first-order valence-corrected chi connectivity index (χ1v) is 5.98. The van der Waals surface area contributed by atoms with Crippen LogP contribution >= 0.6 is 0 Å². The molecule has 19 heavy (non-hydrogen) atoms. The number of carboxylic acids is 1. The number of hydrogen-bond donors (Lipinski definition) is 2. The monoisotopic (exact) mass is 257 g/mol. The predicted octanol–water partition coefficient (Wildman–Crippen LogP) is 3.04. The summed E-state index contributed by atoms with van der Waals surface area (Å²) in [7, 11) is 0. The van der Waals surface area contributed by atoms with Crippen LogP contribution in [0.5, 0.6) is 0 Å². The zero-order valence-electron chi connectivity index (χ0n) is 10.8. The van der Waals surface area contributed by atoms with Crippen LogP contribution < -0.4 is 5.32 Å². The number of carboxylic acid groups (broad SMARTS) is 1. The number of benzene rings is 1. The third kappa shape index (κ3) is 3.28. The van der Waals surface area contributed by atoms with Gasteiger partial charge in [0, 0.05) is 18.1 Å². The number of anilines is 2. The van der Waals surface area contributed by atoms with Crippen molar-refractivity contribution in [3.63, 3.8) is 0 Å². The standard InChI is InChI=1S/C14H15N3O2/c1-9(2)11-7-15-14(16-8-11)17-12-5-3-10(4-6-12)13(18)19/h3-9H,1-2H3,(H,18,19)(H,15,16,17). The summed E-state index contributed by atoms with van der Waals surface area (Å²) in [6.07, 6.45) is 3.57. The summed E-state index contributed by atoms with van der Waals surface area (Å²) in [6.45, 7) is 4.16. The van der Waals surface area contributed by atoms with Crippen molar-refractivity contribution in [1.29, 1.82) is 0 Å². The average molecular weight is 257 g/mol. The van der Waals surface area contributed by atoms with Crippen molar-refractivity contribution < 1.29 is 9.90 Å². The summed E-state index contributed by atoms with van der Waals surface area (Å²) in [5.74, 6) is -0.0551. The first-order valence-electron chi connectivity index (χ1n) is 5.98. The van der Waals surface area contributed by atoms with Crippen LogP contribution in [-0.4, -0.2) is 21.0 Å². The van der Waals surface area contributed by atoms with E-state index in [4.69, 9.17) is 5.11 Å². The third-order valence-electron chi connectivity index (χ3n) is 2.73. The first kappa shape index (κ1) is 13.0. The van der Waals surface area contributed by atoms with Crippen LogP contribution in [0.2, 0.25) is 0 Å². The summed E-state index contributed by atoms with van der Waals surface area (Å²) in [4.78, 5) is 19.2. The van der Waals surface area contributed by atoms with Gasteiger partial charge < -0.3 is 10.4 Å². The molecule has 0 aliphatic heterocycles. The quantitative estimate of drug-likeness (QED) is 0.880. The predicted molar refractivity (Wildman–Crippen MR) is 72.8 cm³/mol. The fourth-order valence-corrected chi connectivity index (χ4v) is 1.53. The molecule has 0 saturated carbocycles. The normalized spacial score (nSPS) is 10.5. The summed E-state index contributed by atoms with van der Waals surface area (Å²) in [6, 6.07) is 6.44. The molecule has 1 heterocycles. The Balaban J connectivity index is 2.10. The van der Waals surface area contributed by atoms with E-state index < -0.39 is 5.97 Å². The molecule has 5 heteroatoms. The van der Waals surface area contributed by atoms with Crippen molar-refractivity contribution in [2.75, 3.05) is 5.32 Å². The van der Waals surface area contributed by atoms with Gasteiger partial charge in [0.15, 0.2) is 0 Å². The van der Waals surface area contributed by atoms with Crippen molar-refractivity contribution >= 4 is 17.6 Å². The molecule has 0 radical (unpaired) electrons. The molecule has 98 valence electrons. The maximum Gasteiger partial charge on any atom is 0.335 e. The van der Waals surface area contributed by atoms with Gasteiger partial charge in [-0.1, -0.05) is 13.8 Å². The SMILES string of the molecule is CC(C)c1cnc(Nc2ccc(C(=O)O)cc2)nc1. The minimum Gasteiger partial charge on any atom is -0.478 e. The van der Waals surface area contributed by atoms with E-state index in [0.29, 0.717) is 11.9 Å². The highest BCUT2D eigenvalue weighted by atomic mass is 16.4. The lowest BCUT2D eigenvalue weighted by atomic mass is 10.1. The van der Waals surface area contributed by atoms with Crippen LogP contribution in [-0.2, 0) is 0 Å². The maximum absolute atomic E-state index is 10.7. The highest BCUT2D eigenvalue weighted by Crippen LogP contribution is 2.16. The molecule has 2 N–H and O–H groups in total. The van der Waals surface area contributed by atoms with E-state index in [1.165, 1.54) is 12.1 Å². The zero-order valence-corrected chi connectivity index (χ0v) is 10.8. The molecule has 0 aliphatic rings. The minimum atomic E-state index is -0.941. The smallest absolute Gasteiger partial charge is 0.335 e. The molecule has 0 saturated heterocycles. The van der Waals surface area contributed by atoms with Gasteiger partial charge in [-0.15, -0.1) is 0 Å². The fraction of sp³-hybridized carbons (Fsp3) is 0.214. The molecular weight excluding hydrogens is 242 g/mol. The second-order valence-corrected chi connectivity index (χ2v) is 4.50. The first-order chi connectivity index (χ1) is 9.06. The lowest BCUT2D eigenvalue weighted by molar-refractivity contribution is 0.0697. The van der Waals surface area contributed by atoms with Crippen molar-refractivity contribution in [1.82, 2.24) is 9.97 Å². The largest absolute Gasteiger partial charge is 0.478 e. The van der Waals surface area contributed by atoms with E-state index in [2.05, 4.69) is 29.1 Å². The van der Waals surface area contributed by atoms with Crippen LogP contribution in [0.15, 0.2) is 36.7 Å². The van der Waals surface area contributed by atoms with Crippen molar-refractivity contribution in [3.8, 4) is 0 Å². The van der Waals surface area contributed by atoms with Gasteiger partial charge in [0.2, 0.25) is 5.95 Å². The summed E-state index contributed by atoms with van der Waals surface area (Å²) in [5, 5.41) is 11.8. The Morgan fingerprint density at radius 2 is 1.74 bits per heavy atom. The Morgan fingerprint density at radius 3 is 2.21 bits per heavy atom. The molecule has 0 bridgehead atoms. The lowest BCUT2D eigenvalue weighted by Crippen LogP contribution is -2.00. The van der Waals surface area contributed by atoms with Crippen LogP contribution in [0, 0.1) is 0 Å². The topological polar surface area (TPSA) is 75.1 Å². The Labute approximate surface area is 111 Å². The van der Waals surface area contributed by atoms with Crippen LogP contribution in [0.3, 0.4) is 0 Å². The van der Waals surface area contributed by atoms with Crippen LogP contribution in [0.25, 0.3) is 0 Å². The van der Waals surface area contributed by atoms with E-state index >= 15 is 0 Å². The van der Waals surface area contributed by atoms with Gasteiger partial charge >= 0.3 is 5.97 Å². The molecule has 2 aromatic rings. The molecule has 0 fully saturated rings. The number of aromatic carboxylic acids is 1. The lowest BCUT2D eigenvalue weighted by Gasteiger charge is -2.07. The second-order valence-electron chi connectivity index (χ2n) is 4.50. The van der Waals surface area contributed by atoms with Crippen molar-refractivity contribution in [2.24, 2.45) is 0 Å². The number of carbonyl (C=O) groups is 1. The van der Waals surface area contributed by atoms with Crippen molar-refractivity contribution in [3.05, 3.63) is 47.8 Å². The van der Waals surface area contributed by atoms with Crippen LogP contribution in [0.1, 0.15) is 35.7 Å². The molecule has 1 aromatic carbocycles. The molecular formula is C14H15N3O2. The molecule has 0 aliphatic carbocycles. The van der Waals surface area contributed by atoms with E-state index in [1.54, 1.807) is 24.5 Å². The highest BCUT2D eigenvalue weighted by molar-refractivity contribution is 5.88. The Hall–Kier alpha value is -2.43. The van der Waals surface area contributed by atoms with E-state index in [-0.39, 0.29) is 5.56 Å². The van der Waals surface area contributed by atoms with Gasteiger partial charge in [-0.25, -0.2) is 14.8 Å². The minimum absolute atomic E-state index is 0.252. The third-order valence-corrected chi connectivity index (χ3v) is 2.73. The van der Waals surface area contributed by atoms with E-state index in [0.717, 1.165) is 11.3 Å². The summed E-state index contributed by atoms with van der Waals surface area (Å²) >= 11 is 0. The zero-order chi connectivity index (χ0) is 13.8. The average Bonchev–Trinajstić information content (AvgIpc) is 2.40. The summed E-state index contributed by atoms with van der Waals surface area (Å²) in [5.41, 5.74) is 2.08. The number of nitrogens with one attached hydrogen (secondary N) is 1. The Kier molecular flexibility index (Phi) is 3.75. The molecule has 1 aromatic heterocycles. The highest BCUT2D eigenvalue weighted by Gasteiger charge is 2.04. The summed E-state index contributed by atoms with van der Waals surface area (Å²) < 4.78 is 0. The van der Waals surface area contributed by atoms with Crippen molar-refractivity contribution in [2.45, 2.75) is 19.8 Å². The molecule has 0 amide bonds. The molecule has 0 spiro atoms. The molecule has 0 atom stereocenters. The Morgan fingerprint density at radius 1 is 1.16 bits per heavy atom. The number of aromatic nitrogens is 2. The second kappa shape index (κ2) is 5.48. The van der Waals surface area contributed by atoms with Gasteiger partial charge in [0.05, 0.1) is 5.56 Å². The van der Waals surface area contributed by atoms with E-state index in [9.17, 15) is 4.79 Å². The van der Waals surface area contributed by atoms with E-state index in [1.807, 2.05) is 0 Å². The number of nitrogens with zero attached hydrogens (tertiary/aromatic N) is 2. The number of hydrogen-bond acceptors (Lipinski definition) is 4. The Bertz CT molecular complexity index is 562. The van der Waals surface area contributed by atoms with Gasteiger partial charge in [0.1, 0.15) is 0 Å². The van der Waals surface area contributed by atoms with Gasteiger partial charge in [-0.3, -0.25) is 0 Å². The van der Waals surface area contributed by atoms with Gasteiger partial charge in [-0.05, 0) is 35.7 Å². The van der Waals surface area contributed by atoms with Crippen LogP contribution in [0.4, 0.5) is 11.6 Å². The van der Waals surface area contributed by atoms with Gasteiger partial charge in [0.25, 0.3) is 0 Å². The number of rotatable bonds is 4. The fourth-order valence-electron chi connectivity index (χ4n) is 1.53. The van der Waals surface area contributed by atoms with Gasteiger partial charge in [-0.2, -0.15) is 0 Å². The molecule has 5 nitrogen and oxygen atoms in total. The molecule has 2 rings (SSSR count). The molecule has 0 unspecified atom stereocenters.